The first-order valence-electron chi connectivity index (χ1n) is 6.11. The molecule has 100 valence electrons. The minimum Gasteiger partial charge on any atom is -0.397 e. The topological polar surface area (TPSA) is 38.0 Å². The molecule has 0 aliphatic carbocycles. The van der Waals surface area contributed by atoms with Gasteiger partial charge in [0.2, 0.25) is 0 Å². The molecule has 2 nitrogen and oxygen atoms in total. The number of halogens is 2. The zero-order valence-corrected chi connectivity index (χ0v) is 11.4. The Bertz CT molecular complexity index is 558. The average molecular weight is 279 g/mol. The van der Waals surface area contributed by atoms with E-state index in [1.165, 1.54) is 17.7 Å². The van der Waals surface area contributed by atoms with Gasteiger partial charge in [-0.25, -0.2) is 4.39 Å². The highest BCUT2D eigenvalue weighted by atomic mass is 35.5. The van der Waals surface area contributed by atoms with Gasteiger partial charge >= 0.3 is 0 Å². The van der Waals surface area contributed by atoms with Crippen LogP contribution in [-0.4, -0.2) is 6.54 Å². The molecule has 0 bridgehead atoms. The van der Waals surface area contributed by atoms with Crippen LogP contribution in [0.5, 0.6) is 0 Å². The molecule has 0 saturated heterocycles. The first-order valence-corrected chi connectivity index (χ1v) is 6.49. The van der Waals surface area contributed by atoms with Crippen molar-refractivity contribution >= 4 is 23.0 Å². The number of nitrogen functional groups attached to an aromatic ring is 1. The second-order valence-electron chi connectivity index (χ2n) is 4.55. The number of benzene rings is 2. The van der Waals surface area contributed by atoms with E-state index in [4.69, 9.17) is 17.3 Å². The third-order valence-electron chi connectivity index (χ3n) is 3.06. The lowest BCUT2D eigenvalue weighted by atomic mass is 10.0. The Labute approximate surface area is 117 Å². The summed E-state index contributed by atoms with van der Waals surface area (Å²) in [6.07, 6.45) is 0. The normalized spacial score (nSPS) is 12.2. The van der Waals surface area contributed by atoms with Gasteiger partial charge in [-0.3, -0.25) is 0 Å². The molecular weight excluding hydrogens is 263 g/mol. The highest BCUT2D eigenvalue weighted by Crippen LogP contribution is 2.27. The summed E-state index contributed by atoms with van der Waals surface area (Å²) in [7, 11) is 0. The molecule has 4 heteroatoms. The third kappa shape index (κ3) is 3.38. The first kappa shape index (κ1) is 13.7. The lowest BCUT2D eigenvalue weighted by Crippen LogP contribution is -2.11. The van der Waals surface area contributed by atoms with E-state index in [0.717, 1.165) is 0 Å². The monoisotopic (exact) mass is 278 g/mol. The van der Waals surface area contributed by atoms with E-state index in [1.807, 2.05) is 18.2 Å². The third-order valence-corrected chi connectivity index (χ3v) is 3.35. The van der Waals surface area contributed by atoms with Crippen molar-refractivity contribution < 1.29 is 4.39 Å². The first-order chi connectivity index (χ1) is 9.08. The maximum absolute atomic E-state index is 13.4. The van der Waals surface area contributed by atoms with Gasteiger partial charge in [-0.05, 0) is 17.5 Å². The van der Waals surface area contributed by atoms with Crippen molar-refractivity contribution in [1.29, 1.82) is 0 Å². The number of hydrogen-bond acceptors (Lipinski definition) is 2. The van der Waals surface area contributed by atoms with Crippen LogP contribution in [0.15, 0.2) is 42.5 Å². The Morgan fingerprint density at radius 3 is 2.63 bits per heavy atom. The molecule has 0 amide bonds. The number of hydrogen-bond donors (Lipinski definition) is 2. The predicted molar refractivity (Wildman–Crippen MR) is 79.2 cm³/mol. The smallest absolute Gasteiger partial charge is 0.143 e. The van der Waals surface area contributed by atoms with Gasteiger partial charge < -0.3 is 11.1 Å². The number of nitrogens with one attached hydrogen (secondary N) is 1. The summed E-state index contributed by atoms with van der Waals surface area (Å²) in [4.78, 5) is 0. The molecule has 0 aliphatic heterocycles. The quantitative estimate of drug-likeness (QED) is 0.820. The molecule has 19 heavy (non-hydrogen) atoms. The van der Waals surface area contributed by atoms with Crippen molar-refractivity contribution in [2.45, 2.75) is 12.8 Å². The van der Waals surface area contributed by atoms with Crippen LogP contribution < -0.4 is 11.1 Å². The number of nitrogens with two attached hydrogens (primary N) is 1. The molecule has 1 atom stereocenters. The SMILES string of the molecule is CC(CNc1cc(F)c(Cl)cc1N)c1ccccc1. The lowest BCUT2D eigenvalue weighted by Gasteiger charge is -2.15. The second kappa shape index (κ2) is 5.93. The summed E-state index contributed by atoms with van der Waals surface area (Å²) in [5.41, 5.74) is 8.05. The molecule has 0 fully saturated rings. The molecule has 2 rings (SSSR count). The molecule has 0 saturated carbocycles. The van der Waals surface area contributed by atoms with Gasteiger partial charge in [0, 0.05) is 12.6 Å². The van der Waals surface area contributed by atoms with Crippen molar-refractivity contribution in [2.24, 2.45) is 0 Å². The molecule has 1 unspecified atom stereocenters. The molecule has 0 aliphatic rings. The van der Waals surface area contributed by atoms with E-state index in [0.29, 0.717) is 23.8 Å². The molecule has 2 aromatic carbocycles. The van der Waals surface area contributed by atoms with Crippen LogP contribution in [0.3, 0.4) is 0 Å². The maximum Gasteiger partial charge on any atom is 0.143 e. The van der Waals surface area contributed by atoms with Crippen LogP contribution in [0.25, 0.3) is 0 Å². The summed E-state index contributed by atoms with van der Waals surface area (Å²) in [6.45, 7) is 2.78. The van der Waals surface area contributed by atoms with Gasteiger partial charge in [0.15, 0.2) is 0 Å². The standard InChI is InChI=1S/C15H16ClFN2/c1-10(11-5-3-2-4-6-11)9-19-15-8-13(17)12(16)7-14(15)18/h2-8,10,19H,9,18H2,1H3. The van der Waals surface area contributed by atoms with E-state index in [9.17, 15) is 4.39 Å². The summed E-state index contributed by atoms with van der Waals surface area (Å²) in [6, 6.07) is 12.9. The highest BCUT2D eigenvalue weighted by Gasteiger charge is 2.08. The van der Waals surface area contributed by atoms with Crippen molar-refractivity contribution in [3.8, 4) is 0 Å². The lowest BCUT2D eigenvalue weighted by molar-refractivity contribution is 0.628. The Kier molecular flexibility index (Phi) is 4.27. The van der Waals surface area contributed by atoms with Crippen LogP contribution in [-0.2, 0) is 0 Å². The highest BCUT2D eigenvalue weighted by molar-refractivity contribution is 6.31. The maximum atomic E-state index is 13.4. The fraction of sp³-hybridized carbons (Fsp3) is 0.200. The second-order valence-corrected chi connectivity index (χ2v) is 4.95. The number of rotatable bonds is 4. The van der Waals surface area contributed by atoms with Gasteiger partial charge in [0.1, 0.15) is 5.82 Å². The van der Waals surface area contributed by atoms with Crippen LogP contribution in [0.1, 0.15) is 18.4 Å². The molecule has 3 N–H and O–H groups in total. The van der Waals surface area contributed by atoms with Crippen molar-refractivity contribution in [2.75, 3.05) is 17.6 Å². The van der Waals surface area contributed by atoms with E-state index in [-0.39, 0.29) is 5.02 Å². The van der Waals surface area contributed by atoms with E-state index < -0.39 is 5.82 Å². The van der Waals surface area contributed by atoms with Gasteiger partial charge in [0.05, 0.1) is 16.4 Å². The molecule has 0 heterocycles. The van der Waals surface area contributed by atoms with Crippen LogP contribution in [0.4, 0.5) is 15.8 Å². The minimum absolute atomic E-state index is 0.0409. The molecule has 0 radical (unpaired) electrons. The zero-order valence-electron chi connectivity index (χ0n) is 10.7. The fourth-order valence-corrected chi connectivity index (χ4v) is 2.05. The Morgan fingerprint density at radius 2 is 1.95 bits per heavy atom. The molecule has 0 aromatic heterocycles. The van der Waals surface area contributed by atoms with E-state index in [2.05, 4.69) is 24.4 Å². The van der Waals surface area contributed by atoms with Crippen LogP contribution in [0, 0.1) is 5.82 Å². The van der Waals surface area contributed by atoms with Crippen molar-refractivity contribution in [3.05, 3.63) is 58.9 Å². The van der Waals surface area contributed by atoms with Crippen LogP contribution >= 0.6 is 11.6 Å². The summed E-state index contributed by atoms with van der Waals surface area (Å²) >= 11 is 5.66. The Morgan fingerprint density at radius 1 is 1.26 bits per heavy atom. The Balaban J connectivity index is 2.05. The van der Waals surface area contributed by atoms with Crippen LogP contribution in [0.2, 0.25) is 5.02 Å². The fourth-order valence-electron chi connectivity index (χ4n) is 1.88. The zero-order chi connectivity index (χ0) is 13.8. The molecule has 0 spiro atoms. The average Bonchev–Trinajstić information content (AvgIpc) is 2.42. The number of anilines is 2. The predicted octanol–water partition coefficient (Wildman–Crippen LogP) is 4.28. The van der Waals surface area contributed by atoms with Gasteiger partial charge in [-0.15, -0.1) is 0 Å². The van der Waals surface area contributed by atoms with Crippen molar-refractivity contribution in [3.63, 3.8) is 0 Å². The molecular formula is C15H16ClFN2. The minimum atomic E-state index is -0.467. The largest absolute Gasteiger partial charge is 0.397 e. The van der Waals surface area contributed by atoms with Gasteiger partial charge in [0.25, 0.3) is 0 Å². The van der Waals surface area contributed by atoms with E-state index >= 15 is 0 Å². The van der Waals surface area contributed by atoms with E-state index in [1.54, 1.807) is 0 Å². The summed E-state index contributed by atoms with van der Waals surface area (Å²) < 4.78 is 13.4. The summed E-state index contributed by atoms with van der Waals surface area (Å²) in [5, 5.41) is 3.20. The Hall–Kier alpha value is -1.74. The van der Waals surface area contributed by atoms with Gasteiger partial charge in [-0.2, -0.15) is 0 Å². The summed E-state index contributed by atoms with van der Waals surface area (Å²) in [5.74, 6) is -0.162. The molecule has 2 aromatic rings. The van der Waals surface area contributed by atoms with Crippen molar-refractivity contribution in [1.82, 2.24) is 0 Å². The van der Waals surface area contributed by atoms with Gasteiger partial charge in [-0.1, -0.05) is 48.9 Å².